The second-order valence-electron chi connectivity index (χ2n) is 3.58. The molecule has 0 spiro atoms. The van der Waals surface area contributed by atoms with Gasteiger partial charge in [-0.2, -0.15) is 5.10 Å². The number of aryl methyl sites for hydroxylation is 1. The smallest absolute Gasteiger partial charge is 0.289 e. The Morgan fingerprint density at radius 1 is 1.50 bits per heavy atom. The molecule has 2 rings (SSSR count). The van der Waals surface area contributed by atoms with Crippen LogP contribution in [0.3, 0.4) is 0 Å². The van der Waals surface area contributed by atoms with Crippen molar-refractivity contribution >= 4 is 5.91 Å². The highest BCUT2D eigenvalue weighted by atomic mass is 16.5. The Kier molecular flexibility index (Phi) is 3.52. The number of methoxy groups -OCH3 is 1. The lowest BCUT2D eigenvalue weighted by Gasteiger charge is -2.05. The molecule has 18 heavy (non-hydrogen) atoms. The maximum Gasteiger partial charge on any atom is 0.289 e. The molecular weight excluding hydrogens is 234 g/mol. The van der Waals surface area contributed by atoms with E-state index in [1.807, 2.05) is 0 Å². The Morgan fingerprint density at radius 3 is 3.00 bits per heavy atom. The van der Waals surface area contributed by atoms with Crippen LogP contribution < -0.4 is 10.1 Å². The summed E-state index contributed by atoms with van der Waals surface area (Å²) in [6.45, 7) is 0.308. The van der Waals surface area contributed by atoms with Crippen LogP contribution >= 0.6 is 0 Å². The first-order valence-corrected chi connectivity index (χ1v) is 5.32. The first-order chi connectivity index (χ1) is 8.70. The predicted octanol–water partition coefficient (Wildman–Crippen LogP) is 0.149. The van der Waals surface area contributed by atoms with Crippen LogP contribution in [0, 0.1) is 0 Å². The molecule has 0 aromatic carbocycles. The van der Waals surface area contributed by atoms with Gasteiger partial charge < -0.3 is 10.1 Å². The molecule has 0 radical (unpaired) electrons. The molecule has 0 aliphatic heterocycles. The maximum absolute atomic E-state index is 11.8. The second-order valence-corrected chi connectivity index (χ2v) is 3.58. The van der Waals surface area contributed by atoms with E-state index in [-0.39, 0.29) is 11.7 Å². The summed E-state index contributed by atoms with van der Waals surface area (Å²) in [6, 6.07) is 3.50. The number of hydrogen-bond donors (Lipinski definition) is 1. The summed E-state index contributed by atoms with van der Waals surface area (Å²) in [5.41, 5.74) is 0.713. The van der Waals surface area contributed by atoms with E-state index in [0.29, 0.717) is 18.0 Å². The minimum Gasteiger partial charge on any atom is -0.497 e. The molecule has 94 valence electrons. The van der Waals surface area contributed by atoms with Crippen molar-refractivity contribution in [1.29, 1.82) is 0 Å². The van der Waals surface area contributed by atoms with Crippen molar-refractivity contribution in [3.05, 3.63) is 36.2 Å². The third-order valence-corrected chi connectivity index (χ3v) is 2.37. The van der Waals surface area contributed by atoms with Gasteiger partial charge in [-0.05, 0) is 6.07 Å². The fraction of sp³-hybridized carbons (Fsp3) is 0.273. The first-order valence-electron chi connectivity index (χ1n) is 5.32. The van der Waals surface area contributed by atoms with E-state index in [4.69, 9.17) is 4.74 Å². The maximum atomic E-state index is 11.8. The highest BCUT2D eigenvalue weighted by Crippen LogP contribution is 2.09. The first kappa shape index (κ1) is 12.0. The molecule has 0 fully saturated rings. The van der Waals surface area contributed by atoms with Gasteiger partial charge in [-0.1, -0.05) is 0 Å². The molecule has 2 aromatic rings. The lowest BCUT2D eigenvalue weighted by molar-refractivity contribution is 0.0935. The lowest BCUT2D eigenvalue weighted by Crippen LogP contribution is -2.26. The highest BCUT2D eigenvalue weighted by molar-refractivity contribution is 5.90. The molecule has 7 heteroatoms. The molecule has 0 bridgehead atoms. The quantitative estimate of drug-likeness (QED) is 0.831. The van der Waals surface area contributed by atoms with Crippen LogP contribution in [-0.4, -0.2) is 32.8 Å². The Balaban J connectivity index is 1.99. The van der Waals surface area contributed by atoms with Crippen LogP contribution in [-0.2, 0) is 13.6 Å². The van der Waals surface area contributed by atoms with Crippen LogP contribution in [0.5, 0.6) is 5.75 Å². The van der Waals surface area contributed by atoms with Gasteiger partial charge in [0.1, 0.15) is 12.1 Å². The molecule has 0 saturated carbocycles. The average molecular weight is 247 g/mol. The summed E-state index contributed by atoms with van der Waals surface area (Å²) in [5, 5.41) is 6.54. The zero-order valence-electron chi connectivity index (χ0n) is 10.1. The lowest BCUT2D eigenvalue weighted by atomic mass is 10.3. The van der Waals surface area contributed by atoms with Gasteiger partial charge >= 0.3 is 0 Å². The van der Waals surface area contributed by atoms with Gasteiger partial charge in [-0.15, -0.1) is 0 Å². The molecule has 2 aromatic heterocycles. The molecule has 0 saturated heterocycles. The largest absolute Gasteiger partial charge is 0.497 e. The van der Waals surface area contributed by atoms with Crippen molar-refractivity contribution in [2.75, 3.05) is 7.11 Å². The summed E-state index contributed by atoms with van der Waals surface area (Å²) >= 11 is 0. The molecule has 0 aliphatic rings. The minimum absolute atomic E-state index is 0.262. The molecule has 2 heterocycles. The summed E-state index contributed by atoms with van der Waals surface area (Å²) in [5.74, 6) is 0.672. The summed E-state index contributed by atoms with van der Waals surface area (Å²) < 4.78 is 6.48. The van der Waals surface area contributed by atoms with Crippen molar-refractivity contribution < 1.29 is 9.53 Å². The van der Waals surface area contributed by atoms with Gasteiger partial charge in [0.05, 0.1) is 19.3 Å². The van der Waals surface area contributed by atoms with Crippen molar-refractivity contribution in [2.24, 2.45) is 7.05 Å². The number of carbonyl (C=O) groups is 1. The van der Waals surface area contributed by atoms with E-state index in [0.717, 1.165) is 0 Å². The van der Waals surface area contributed by atoms with Crippen LogP contribution in [0.1, 0.15) is 16.3 Å². The predicted molar refractivity (Wildman–Crippen MR) is 63.0 cm³/mol. The average Bonchev–Trinajstić information content (AvgIpc) is 2.82. The standard InChI is InChI=1S/C11H13N5O2/c1-16-10(14-7-15-16)11(17)13-6-8-5-9(18-2)3-4-12-8/h3-5,7H,6H2,1-2H3,(H,13,17). The van der Waals surface area contributed by atoms with Crippen LogP contribution in [0.2, 0.25) is 0 Å². The summed E-state index contributed by atoms with van der Waals surface area (Å²) in [6.07, 6.45) is 2.96. The van der Waals surface area contributed by atoms with Gasteiger partial charge in [0.2, 0.25) is 5.82 Å². The van der Waals surface area contributed by atoms with Crippen molar-refractivity contribution in [3.8, 4) is 5.75 Å². The van der Waals surface area contributed by atoms with Crippen LogP contribution in [0.25, 0.3) is 0 Å². The zero-order chi connectivity index (χ0) is 13.0. The van der Waals surface area contributed by atoms with E-state index in [1.165, 1.54) is 11.0 Å². The molecule has 0 aliphatic carbocycles. The molecule has 0 atom stereocenters. The van der Waals surface area contributed by atoms with E-state index >= 15 is 0 Å². The number of pyridine rings is 1. The SMILES string of the molecule is COc1ccnc(CNC(=O)c2ncnn2C)c1. The van der Waals surface area contributed by atoms with E-state index in [1.54, 1.807) is 32.5 Å². The molecular formula is C11H13N5O2. The number of hydrogen-bond acceptors (Lipinski definition) is 5. The number of nitrogens with zero attached hydrogens (tertiary/aromatic N) is 4. The van der Waals surface area contributed by atoms with Gasteiger partial charge in [-0.3, -0.25) is 9.78 Å². The van der Waals surface area contributed by atoms with Gasteiger partial charge in [-0.25, -0.2) is 9.67 Å². The van der Waals surface area contributed by atoms with Gasteiger partial charge in [0, 0.05) is 19.3 Å². The fourth-order valence-corrected chi connectivity index (χ4v) is 1.43. The van der Waals surface area contributed by atoms with E-state index < -0.39 is 0 Å². The third-order valence-electron chi connectivity index (χ3n) is 2.37. The molecule has 1 N–H and O–H groups in total. The number of ether oxygens (including phenoxy) is 1. The van der Waals surface area contributed by atoms with Crippen molar-refractivity contribution in [3.63, 3.8) is 0 Å². The van der Waals surface area contributed by atoms with Crippen LogP contribution in [0.15, 0.2) is 24.7 Å². The molecule has 1 amide bonds. The number of nitrogens with one attached hydrogen (secondary N) is 1. The monoisotopic (exact) mass is 247 g/mol. The Morgan fingerprint density at radius 2 is 2.33 bits per heavy atom. The minimum atomic E-state index is -0.292. The molecule has 7 nitrogen and oxygen atoms in total. The zero-order valence-corrected chi connectivity index (χ0v) is 10.1. The Bertz CT molecular complexity index is 552. The van der Waals surface area contributed by atoms with E-state index in [2.05, 4.69) is 20.4 Å². The topological polar surface area (TPSA) is 81.9 Å². The highest BCUT2D eigenvalue weighted by Gasteiger charge is 2.11. The molecule has 0 unspecified atom stereocenters. The number of amides is 1. The number of rotatable bonds is 4. The van der Waals surface area contributed by atoms with Gasteiger partial charge in [0.25, 0.3) is 5.91 Å². The van der Waals surface area contributed by atoms with Crippen LogP contribution in [0.4, 0.5) is 0 Å². The van der Waals surface area contributed by atoms with E-state index in [9.17, 15) is 4.79 Å². The normalized spacial score (nSPS) is 10.1. The second kappa shape index (κ2) is 5.26. The Labute approximate surface area is 104 Å². The number of carbonyl (C=O) groups excluding carboxylic acids is 1. The summed E-state index contributed by atoms with van der Waals surface area (Å²) in [7, 11) is 3.24. The van der Waals surface area contributed by atoms with Gasteiger partial charge in [0.15, 0.2) is 0 Å². The third kappa shape index (κ3) is 2.62. The number of aromatic nitrogens is 4. The fourth-order valence-electron chi connectivity index (χ4n) is 1.43. The Hall–Kier alpha value is -2.44. The summed E-state index contributed by atoms with van der Waals surface area (Å²) in [4.78, 5) is 19.7. The van der Waals surface area contributed by atoms with Crippen molar-refractivity contribution in [2.45, 2.75) is 6.54 Å². The van der Waals surface area contributed by atoms with Crippen molar-refractivity contribution in [1.82, 2.24) is 25.1 Å².